The van der Waals surface area contributed by atoms with Crippen molar-refractivity contribution in [3.05, 3.63) is 21.4 Å². The molecular formula is C12H19NOS. The minimum absolute atomic E-state index is 0.122. The molecule has 0 fully saturated rings. The van der Waals surface area contributed by atoms with Crippen LogP contribution >= 0.6 is 11.3 Å². The minimum atomic E-state index is 0.122. The van der Waals surface area contributed by atoms with E-state index < -0.39 is 0 Å². The zero-order valence-electron chi connectivity index (χ0n) is 10.1. The van der Waals surface area contributed by atoms with E-state index in [1.807, 2.05) is 20.2 Å². The summed E-state index contributed by atoms with van der Waals surface area (Å²) in [6.45, 7) is 7.46. The van der Waals surface area contributed by atoms with E-state index >= 15 is 0 Å². The molecule has 1 rings (SSSR count). The van der Waals surface area contributed by atoms with E-state index in [9.17, 15) is 4.79 Å². The molecule has 0 aliphatic rings. The van der Waals surface area contributed by atoms with Crippen molar-refractivity contribution in [1.29, 1.82) is 0 Å². The summed E-state index contributed by atoms with van der Waals surface area (Å²) in [4.78, 5) is 15.1. The average Bonchev–Trinajstić information content (AvgIpc) is 2.45. The summed E-state index contributed by atoms with van der Waals surface area (Å²) in [5.74, 6) is 0. The van der Waals surface area contributed by atoms with Gasteiger partial charge in [0, 0.05) is 11.4 Å². The molecule has 84 valence electrons. The summed E-state index contributed by atoms with van der Waals surface area (Å²) >= 11 is 1.61. The molecule has 0 spiro atoms. The molecule has 0 radical (unpaired) electrons. The van der Waals surface area contributed by atoms with Crippen molar-refractivity contribution < 1.29 is 4.79 Å². The topological polar surface area (TPSA) is 20.3 Å². The van der Waals surface area contributed by atoms with Crippen LogP contribution in [-0.4, -0.2) is 25.3 Å². The van der Waals surface area contributed by atoms with Crippen molar-refractivity contribution in [2.24, 2.45) is 0 Å². The van der Waals surface area contributed by atoms with Gasteiger partial charge in [0.05, 0.1) is 4.88 Å². The molecule has 1 aromatic rings. The zero-order valence-corrected chi connectivity index (χ0v) is 10.9. The Morgan fingerprint density at radius 3 is 2.40 bits per heavy atom. The lowest BCUT2D eigenvalue weighted by Gasteiger charge is -2.20. The van der Waals surface area contributed by atoms with E-state index in [1.54, 1.807) is 11.3 Å². The van der Waals surface area contributed by atoms with Crippen molar-refractivity contribution in [2.45, 2.75) is 32.7 Å². The van der Waals surface area contributed by atoms with E-state index in [2.05, 4.69) is 25.7 Å². The molecule has 1 heterocycles. The molecule has 0 saturated carbocycles. The Morgan fingerprint density at radius 1 is 1.40 bits per heavy atom. The van der Waals surface area contributed by atoms with Gasteiger partial charge in [-0.15, -0.1) is 11.3 Å². The molecule has 1 aromatic heterocycles. The third-order valence-corrected chi connectivity index (χ3v) is 3.64. The first-order valence-corrected chi connectivity index (χ1v) is 5.89. The van der Waals surface area contributed by atoms with Crippen LogP contribution in [0.4, 0.5) is 0 Å². The van der Waals surface area contributed by atoms with Crippen LogP contribution in [0.3, 0.4) is 0 Å². The molecule has 0 aromatic carbocycles. The van der Waals surface area contributed by atoms with Gasteiger partial charge in [0.15, 0.2) is 6.29 Å². The highest BCUT2D eigenvalue weighted by molar-refractivity contribution is 7.14. The quantitative estimate of drug-likeness (QED) is 0.737. The number of aldehydes is 1. The molecule has 0 saturated heterocycles. The lowest BCUT2D eigenvalue weighted by molar-refractivity contribution is 0.112. The van der Waals surface area contributed by atoms with E-state index in [0.717, 1.165) is 17.7 Å². The Balaban J connectivity index is 3.11. The number of hydrogen-bond donors (Lipinski definition) is 0. The first-order valence-electron chi connectivity index (χ1n) is 5.07. The highest BCUT2D eigenvalue weighted by atomic mass is 32.1. The molecule has 0 aliphatic carbocycles. The van der Waals surface area contributed by atoms with Crippen LogP contribution in [0.2, 0.25) is 0 Å². The molecule has 0 aliphatic heterocycles. The standard InChI is InChI=1S/C12H19NOS/c1-12(2,3)11-9(7-13(4)5)6-10(8-14)15-11/h6,8H,7H2,1-5H3. The number of carbonyl (C=O) groups excluding carboxylic acids is 1. The largest absolute Gasteiger partial charge is 0.305 e. The summed E-state index contributed by atoms with van der Waals surface area (Å²) in [7, 11) is 4.09. The fourth-order valence-electron chi connectivity index (χ4n) is 1.60. The maximum atomic E-state index is 10.8. The smallest absolute Gasteiger partial charge is 0.160 e. The van der Waals surface area contributed by atoms with Gasteiger partial charge in [-0.1, -0.05) is 20.8 Å². The van der Waals surface area contributed by atoms with Crippen LogP contribution in [0.25, 0.3) is 0 Å². The second kappa shape index (κ2) is 4.45. The third-order valence-electron chi connectivity index (χ3n) is 2.11. The van der Waals surface area contributed by atoms with Gasteiger partial charge in [0.25, 0.3) is 0 Å². The average molecular weight is 225 g/mol. The predicted molar refractivity (Wildman–Crippen MR) is 65.8 cm³/mol. The van der Waals surface area contributed by atoms with Crippen LogP contribution in [0.15, 0.2) is 6.07 Å². The second-order valence-electron chi connectivity index (χ2n) is 5.11. The van der Waals surface area contributed by atoms with Crippen molar-refractivity contribution in [1.82, 2.24) is 4.90 Å². The van der Waals surface area contributed by atoms with Crippen molar-refractivity contribution in [2.75, 3.05) is 14.1 Å². The summed E-state index contributed by atoms with van der Waals surface area (Å²) < 4.78 is 0. The minimum Gasteiger partial charge on any atom is -0.305 e. The SMILES string of the molecule is CN(C)Cc1cc(C=O)sc1C(C)(C)C. The van der Waals surface area contributed by atoms with Crippen molar-refractivity contribution >= 4 is 17.6 Å². The molecule has 0 amide bonds. The lowest BCUT2D eigenvalue weighted by atomic mass is 9.91. The molecule has 15 heavy (non-hydrogen) atoms. The van der Waals surface area contributed by atoms with Gasteiger partial charge >= 0.3 is 0 Å². The van der Waals surface area contributed by atoms with Crippen LogP contribution < -0.4 is 0 Å². The third kappa shape index (κ3) is 3.14. The Bertz CT molecular complexity index is 347. The van der Waals surface area contributed by atoms with Crippen LogP contribution in [0.5, 0.6) is 0 Å². The first kappa shape index (κ1) is 12.4. The van der Waals surface area contributed by atoms with E-state index in [1.165, 1.54) is 10.4 Å². The van der Waals surface area contributed by atoms with Crippen molar-refractivity contribution in [3.8, 4) is 0 Å². The van der Waals surface area contributed by atoms with E-state index in [4.69, 9.17) is 0 Å². The summed E-state index contributed by atoms with van der Waals surface area (Å²) in [5, 5.41) is 0. The maximum absolute atomic E-state index is 10.8. The Labute approximate surface area is 95.9 Å². The molecule has 3 heteroatoms. The lowest BCUT2D eigenvalue weighted by Crippen LogP contribution is -2.16. The highest BCUT2D eigenvalue weighted by Gasteiger charge is 2.21. The van der Waals surface area contributed by atoms with Gasteiger partial charge in [0.2, 0.25) is 0 Å². The number of nitrogens with zero attached hydrogens (tertiary/aromatic N) is 1. The molecule has 0 N–H and O–H groups in total. The molecular weight excluding hydrogens is 206 g/mol. The van der Waals surface area contributed by atoms with Crippen molar-refractivity contribution in [3.63, 3.8) is 0 Å². The normalized spacial score (nSPS) is 12.1. The number of hydrogen-bond acceptors (Lipinski definition) is 3. The Morgan fingerprint density at radius 2 is 2.00 bits per heavy atom. The Kier molecular flexibility index (Phi) is 3.68. The van der Waals surface area contributed by atoms with Crippen LogP contribution in [0.1, 0.15) is 40.9 Å². The van der Waals surface area contributed by atoms with Gasteiger partial charge in [-0.05, 0) is 31.1 Å². The summed E-state index contributed by atoms with van der Waals surface area (Å²) in [6, 6.07) is 2.01. The zero-order chi connectivity index (χ0) is 11.6. The summed E-state index contributed by atoms with van der Waals surface area (Å²) in [6.07, 6.45) is 0.944. The maximum Gasteiger partial charge on any atom is 0.160 e. The molecule has 0 atom stereocenters. The number of thiophene rings is 1. The van der Waals surface area contributed by atoms with Gasteiger partial charge < -0.3 is 4.90 Å². The molecule has 0 bridgehead atoms. The van der Waals surface area contributed by atoms with Gasteiger partial charge in [-0.2, -0.15) is 0 Å². The number of rotatable bonds is 3. The van der Waals surface area contributed by atoms with E-state index in [0.29, 0.717) is 0 Å². The second-order valence-corrected chi connectivity index (χ2v) is 6.19. The molecule has 0 unspecified atom stereocenters. The monoisotopic (exact) mass is 225 g/mol. The highest BCUT2D eigenvalue weighted by Crippen LogP contribution is 2.33. The van der Waals surface area contributed by atoms with E-state index in [-0.39, 0.29) is 5.41 Å². The van der Waals surface area contributed by atoms with Crippen LogP contribution in [0, 0.1) is 0 Å². The molecule has 2 nitrogen and oxygen atoms in total. The van der Waals surface area contributed by atoms with Crippen LogP contribution in [-0.2, 0) is 12.0 Å². The first-order chi connectivity index (χ1) is 6.84. The Hall–Kier alpha value is -0.670. The van der Waals surface area contributed by atoms with Gasteiger partial charge in [-0.25, -0.2) is 0 Å². The fraction of sp³-hybridized carbons (Fsp3) is 0.583. The van der Waals surface area contributed by atoms with Gasteiger partial charge in [0.1, 0.15) is 0 Å². The summed E-state index contributed by atoms with van der Waals surface area (Å²) in [5.41, 5.74) is 1.40. The fourth-order valence-corrected chi connectivity index (χ4v) is 2.65. The van der Waals surface area contributed by atoms with Gasteiger partial charge in [-0.3, -0.25) is 4.79 Å². The number of carbonyl (C=O) groups is 1. The predicted octanol–water partition coefficient (Wildman–Crippen LogP) is 2.92.